The van der Waals surface area contributed by atoms with E-state index in [0.717, 1.165) is 17.7 Å². The van der Waals surface area contributed by atoms with Crippen molar-refractivity contribution < 1.29 is 17.9 Å². The molecule has 1 heterocycles. The highest BCUT2D eigenvalue weighted by Crippen LogP contribution is 2.20. The average molecular weight is 390 g/mol. The summed E-state index contributed by atoms with van der Waals surface area (Å²) in [7, 11) is 0. The Hall–Kier alpha value is -2.64. The number of benzene rings is 2. The van der Waals surface area contributed by atoms with E-state index < -0.39 is 11.6 Å². The van der Waals surface area contributed by atoms with Crippen molar-refractivity contribution in [3.8, 4) is 0 Å². The van der Waals surface area contributed by atoms with Crippen LogP contribution in [0.4, 0.5) is 13.2 Å². The van der Waals surface area contributed by atoms with E-state index in [1.807, 2.05) is 6.92 Å². The third-order valence-electron chi connectivity index (χ3n) is 4.42. The molecule has 28 heavy (non-hydrogen) atoms. The molecule has 1 aromatic heterocycles. The molecule has 148 valence electrons. The number of ether oxygens (including phenoxy) is 1. The van der Waals surface area contributed by atoms with Crippen LogP contribution in [0, 0.1) is 17.5 Å². The predicted octanol–water partition coefficient (Wildman–Crippen LogP) is 3.75. The molecule has 7 heteroatoms. The van der Waals surface area contributed by atoms with Crippen LogP contribution in [0.2, 0.25) is 0 Å². The monoisotopic (exact) mass is 390 g/mol. The van der Waals surface area contributed by atoms with E-state index in [0.29, 0.717) is 18.7 Å². The van der Waals surface area contributed by atoms with Crippen LogP contribution < -0.4 is 10.9 Å². The molecule has 0 amide bonds. The molecule has 2 aromatic carbocycles. The number of pyridine rings is 1. The Morgan fingerprint density at radius 3 is 2.46 bits per heavy atom. The molecule has 0 aliphatic heterocycles. The molecular weight excluding hydrogens is 369 g/mol. The van der Waals surface area contributed by atoms with Gasteiger partial charge >= 0.3 is 0 Å². The summed E-state index contributed by atoms with van der Waals surface area (Å²) in [6.45, 7) is 3.37. The minimum absolute atomic E-state index is 0.177. The number of nitrogens with zero attached hydrogens (tertiary/aromatic N) is 1. The van der Waals surface area contributed by atoms with E-state index in [1.165, 1.54) is 22.8 Å². The second-order valence-corrected chi connectivity index (χ2v) is 6.37. The summed E-state index contributed by atoms with van der Waals surface area (Å²) in [4.78, 5) is 12.9. The van der Waals surface area contributed by atoms with Gasteiger partial charge in [-0.2, -0.15) is 0 Å². The van der Waals surface area contributed by atoms with Crippen molar-refractivity contribution in [1.29, 1.82) is 0 Å². The van der Waals surface area contributed by atoms with Crippen molar-refractivity contribution in [1.82, 2.24) is 9.88 Å². The average Bonchev–Trinajstić information content (AvgIpc) is 2.66. The van der Waals surface area contributed by atoms with Gasteiger partial charge in [-0.05, 0) is 36.8 Å². The van der Waals surface area contributed by atoms with Crippen molar-refractivity contribution in [2.24, 2.45) is 0 Å². The fourth-order valence-electron chi connectivity index (χ4n) is 3.05. The van der Waals surface area contributed by atoms with Gasteiger partial charge in [-0.1, -0.05) is 12.1 Å². The number of hydrogen-bond acceptors (Lipinski definition) is 3. The van der Waals surface area contributed by atoms with Gasteiger partial charge < -0.3 is 14.6 Å². The maximum Gasteiger partial charge on any atom is 0.255 e. The largest absolute Gasteiger partial charge is 0.380 e. The van der Waals surface area contributed by atoms with Crippen LogP contribution in [0.25, 0.3) is 10.9 Å². The molecule has 0 radical (unpaired) electrons. The van der Waals surface area contributed by atoms with Crippen LogP contribution in [0.15, 0.2) is 47.3 Å². The Labute approximate surface area is 160 Å². The Balaban J connectivity index is 1.89. The molecule has 0 spiro atoms. The van der Waals surface area contributed by atoms with Crippen molar-refractivity contribution in [2.75, 3.05) is 13.2 Å². The number of halogens is 3. The van der Waals surface area contributed by atoms with E-state index in [9.17, 15) is 18.0 Å². The van der Waals surface area contributed by atoms with E-state index >= 15 is 0 Å². The van der Waals surface area contributed by atoms with Crippen LogP contribution in [0.1, 0.15) is 18.1 Å². The molecule has 3 rings (SSSR count). The van der Waals surface area contributed by atoms with E-state index in [4.69, 9.17) is 4.74 Å². The summed E-state index contributed by atoms with van der Waals surface area (Å²) in [6, 6.07) is 9.41. The van der Waals surface area contributed by atoms with Crippen LogP contribution in [-0.4, -0.2) is 17.8 Å². The molecule has 1 N–H and O–H groups in total. The van der Waals surface area contributed by atoms with Crippen molar-refractivity contribution in [3.05, 3.63) is 81.4 Å². The van der Waals surface area contributed by atoms with Gasteiger partial charge in [-0.25, -0.2) is 13.2 Å². The first kappa shape index (κ1) is 20.1. The molecule has 0 unspecified atom stereocenters. The highest BCUT2D eigenvalue weighted by Gasteiger charge is 2.14. The molecule has 0 bridgehead atoms. The second kappa shape index (κ2) is 9.03. The van der Waals surface area contributed by atoms with Gasteiger partial charge in [-0.3, -0.25) is 4.79 Å². The van der Waals surface area contributed by atoms with Crippen LogP contribution in [-0.2, 0) is 24.4 Å². The molecule has 0 saturated heterocycles. The van der Waals surface area contributed by atoms with Gasteiger partial charge in [0.1, 0.15) is 17.5 Å². The van der Waals surface area contributed by atoms with Crippen LogP contribution >= 0.6 is 0 Å². The first-order valence-electron chi connectivity index (χ1n) is 9.04. The number of aromatic nitrogens is 1. The van der Waals surface area contributed by atoms with Gasteiger partial charge in [0.05, 0.1) is 12.1 Å². The molecule has 0 fully saturated rings. The molecule has 0 atom stereocenters. The summed E-state index contributed by atoms with van der Waals surface area (Å²) in [5.74, 6) is -1.78. The highest BCUT2D eigenvalue weighted by molar-refractivity contribution is 5.80. The third-order valence-corrected chi connectivity index (χ3v) is 4.42. The second-order valence-electron chi connectivity index (χ2n) is 6.37. The molecule has 4 nitrogen and oxygen atoms in total. The van der Waals surface area contributed by atoms with E-state index in [2.05, 4.69) is 5.32 Å². The van der Waals surface area contributed by atoms with E-state index in [1.54, 1.807) is 12.1 Å². The lowest BCUT2D eigenvalue weighted by molar-refractivity contribution is 0.139. The molecular formula is C21H21F3N2O2. The fourth-order valence-corrected chi connectivity index (χ4v) is 3.05. The zero-order valence-electron chi connectivity index (χ0n) is 15.5. The molecule has 0 saturated carbocycles. The van der Waals surface area contributed by atoms with Gasteiger partial charge in [0.25, 0.3) is 5.56 Å². The smallest absolute Gasteiger partial charge is 0.255 e. The number of nitrogens with one attached hydrogen (secondary N) is 1. The summed E-state index contributed by atoms with van der Waals surface area (Å²) >= 11 is 0. The summed E-state index contributed by atoms with van der Waals surface area (Å²) in [6.07, 6.45) is 0. The minimum Gasteiger partial charge on any atom is -0.380 e. The summed E-state index contributed by atoms with van der Waals surface area (Å²) in [5.41, 5.74) is 1.08. The van der Waals surface area contributed by atoms with Crippen molar-refractivity contribution in [2.45, 2.75) is 26.6 Å². The lowest BCUT2D eigenvalue weighted by Crippen LogP contribution is -2.29. The first-order chi connectivity index (χ1) is 13.5. The lowest BCUT2D eigenvalue weighted by atomic mass is 10.1. The normalized spacial score (nSPS) is 11.3. The Morgan fingerprint density at radius 1 is 1.00 bits per heavy atom. The Morgan fingerprint density at radius 2 is 1.75 bits per heavy atom. The number of rotatable bonds is 8. The van der Waals surface area contributed by atoms with Crippen LogP contribution in [0.3, 0.4) is 0 Å². The molecule has 3 aromatic rings. The number of fused-ring (bicyclic) bond motifs is 1. The SMILES string of the molecule is CCOCCn1c(=O)c(CNCc2ccc(F)cc2)cc2c(F)cc(F)cc21. The topological polar surface area (TPSA) is 43.3 Å². The Kier molecular flexibility index (Phi) is 6.49. The zero-order chi connectivity index (χ0) is 20.1. The van der Waals surface area contributed by atoms with Gasteiger partial charge in [0.15, 0.2) is 0 Å². The number of hydrogen-bond donors (Lipinski definition) is 1. The zero-order valence-corrected chi connectivity index (χ0v) is 15.5. The van der Waals surface area contributed by atoms with Crippen molar-refractivity contribution >= 4 is 10.9 Å². The quantitative estimate of drug-likeness (QED) is 0.596. The maximum absolute atomic E-state index is 14.3. The van der Waals surface area contributed by atoms with Gasteiger partial charge in [0, 0.05) is 43.3 Å². The van der Waals surface area contributed by atoms with Gasteiger partial charge in [0.2, 0.25) is 0 Å². The minimum atomic E-state index is -0.739. The van der Waals surface area contributed by atoms with Crippen molar-refractivity contribution in [3.63, 3.8) is 0 Å². The maximum atomic E-state index is 14.3. The molecule has 0 aliphatic carbocycles. The molecule has 0 aliphatic rings. The first-order valence-corrected chi connectivity index (χ1v) is 9.04. The van der Waals surface area contributed by atoms with E-state index in [-0.39, 0.29) is 42.0 Å². The third kappa shape index (κ3) is 4.61. The van der Waals surface area contributed by atoms with Crippen LogP contribution in [0.5, 0.6) is 0 Å². The lowest BCUT2D eigenvalue weighted by Gasteiger charge is -2.14. The summed E-state index contributed by atoms with van der Waals surface area (Å²) in [5, 5.41) is 3.28. The van der Waals surface area contributed by atoms with Gasteiger partial charge in [-0.15, -0.1) is 0 Å². The Bertz CT molecular complexity index is 1020. The highest BCUT2D eigenvalue weighted by atomic mass is 19.1. The fraction of sp³-hybridized carbons (Fsp3) is 0.286. The summed E-state index contributed by atoms with van der Waals surface area (Å²) < 4.78 is 47.6. The standard InChI is InChI=1S/C21H21F3N2O2/c1-2-28-8-7-26-20-11-17(23)10-19(24)18(20)9-15(21(26)27)13-25-12-14-3-5-16(22)6-4-14/h3-6,9-11,25H,2,7-8,12-13H2,1H3. The predicted molar refractivity (Wildman–Crippen MR) is 102 cm³/mol.